The summed E-state index contributed by atoms with van der Waals surface area (Å²) in [7, 11) is 0. The van der Waals surface area contributed by atoms with E-state index in [9.17, 15) is 4.79 Å². The zero-order chi connectivity index (χ0) is 13.9. The summed E-state index contributed by atoms with van der Waals surface area (Å²) in [4.78, 5) is 16.5. The van der Waals surface area contributed by atoms with Gasteiger partial charge in [-0.25, -0.2) is 0 Å². The molecular weight excluding hydrogens is 318 g/mol. The Hall–Kier alpha value is -1.46. The van der Waals surface area contributed by atoms with Gasteiger partial charge in [0.1, 0.15) is 0 Å². The van der Waals surface area contributed by atoms with Crippen molar-refractivity contribution in [3.63, 3.8) is 0 Å². The molecule has 1 fully saturated rings. The topological polar surface area (TPSA) is 54.0 Å². The maximum absolute atomic E-state index is 12.1. The van der Waals surface area contributed by atoms with Crippen molar-refractivity contribution < 1.29 is 4.79 Å². The van der Waals surface area contributed by atoms with Crippen LogP contribution in [0.25, 0.3) is 10.9 Å². The summed E-state index contributed by atoms with van der Waals surface area (Å²) in [5.41, 5.74) is 1.60. The van der Waals surface area contributed by atoms with Crippen LogP contribution in [-0.4, -0.2) is 23.5 Å². The molecule has 2 N–H and O–H groups in total. The fourth-order valence-corrected chi connectivity index (χ4v) is 2.94. The minimum absolute atomic E-state index is 0.0432. The molecule has 4 nitrogen and oxygen atoms in total. The Kier molecular flexibility index (Phi) is 3.98. The lowest BCUT2D eigenvalue weighted by Gasteiger charge is -2.11. The van der Waals surface area contributed by atoms with E-state index in [1.807, 2.05) is 24.3 Å². The number of nitrogens with zero attached hydrogens (tertiary/aromatic N) is 1. The van der Waals surface area contributed by atoms with Crippen LogP contribution in [-0.2, 0) is 4.79 Å². The van der Waals surface area contributed by atoms with Crippen LogP contribution in [0.5, 0.6) is 0 Å². The van der Waals surface area contributed by atoms with Crippen LogP contribution >= 0.6 is 15.9 Å². The number of benzene rings is 1. The van der Waals surface area contributed by atoms with Crippen molar-refractivity contribution in [1.29, 1.82) is 0 Å². The van der Waals surface area contributed by atoms with Gasteiger partial charge in [-0.3, -0.25) is 9.78 Å². The number of hydrogen-bond acceptors (Lipinski definition) is 3. The molecule has 0 spiro atoms. The van der Waals surface area contributed by atoms with Crippen LogP contribution in [0.2, 0.25) is 0 Å². The van der Waals surface area contributed by atoms with Gasteiger partial charge in [-0.15, -0.1) is 0 Å². The third-order valence-electron chi connectivity index (χ3n) is 3.55. The van der Waals surface area contributed by atoms with Gasteiger partial charge in [-0.1, -0.05) is 12.1 Å². The largest absolute Gasteiger partial charge is 0.324 e. The van der Waals surface area contributed by atoms with Crippen LogP contribution in [0.15, 0.2) is 34.9 Å². The van der Waals surface area contributed by atoms with Gasteiger partial charge in [-0.2, -0.15) is 0 Å². The summed E-state index contributed by atoms with van der Waals surface area (Å²) in [5, 5.41) is 7.32. The minimum Gasteiger partial charge on any atom is -0.324 e. The molecule has 1 aromatic heterocycles. The summed E-state index contributed by atoms with van der Waals surface area (Å²) < 4.78 is 0.934. The van der Waals surface area contributed by atoms with E-state index in [-0.39, 0.29) is 5.91 Å². The highest BCUT2D eigenvalue weighted by Gasteiger charge is 2.18. The average molecular weight is 334 g/mol. The first kappa shape index (κ1) is 13.5. The number of amides is 1. The molecule has 1 amide bonds. The number of carbonyl (C=O) groups is 1. The fraction of sp³-hybridized carbons (Fsp3) is 0.333. The van der Waals surface area contributed by atoms with Crippen molar-refractivity contribution in [1.82, 2.24) is 10.3 Å². The van der Waals surface area contributed by atoms with E-state index < -0.39 is 0 Å². The lowest BCUT2D eigenvalue weighted by atomic mass is 10.1. The predicted molar refractivity (Wildman–Crippen MR) is 83.7 cm³/mol. The second-order valence-electron chi connectivity index (χ2n) is 5.08. The van der Waals surface area contributed by atoms with Gasteiger partial charge in [0.2, 0.25) is 5.91 Å². The monoisotopic (exact) mass is 333 g/mol. The summed E-state index contributed by atoms with van der Waals surface area (Å²) >= 11 is 3.41. The van der Waals surface area contributed by atoms with Crippen LogP contribution in [0.1, 0.15) is 19.3 Å². The molecule has 104 valence electrons. The molecule has 2 aromatic rings. The lowest BCUT2D eigenvalue weighted by Crippen LogP contribution is -2.27. The molecule has 1 unspecified atom stereocenters. The second kappa shape index (κ2) is 5.89. The van der Waals surface area contributed by atoms with E-state index in [4.69, 9.17) is 0 Å². The molecule has 0 radical (unpaired) electrons. The van der Waals surface area contributed by atoms with Crippen molar-refractivity contribution in [2.45, 2.75) is 25.3 Å². The smallest absolute Gasteiger partial charge is 0.225 e. The fourth-order valence-electron chi connectivity index (χ4n) is 2.59. The molecular formula is C15H16BrN3O. The standard InChI is InChI=1S/C15H16BrN3O/c16-11-7-10-3-1-5-13(15(10)18-9-11)19-14(20)8-12-4-2-6-17-12/h1,3,5,7,9,12,17H,2,4,6,8H2,(H,19,20). The molecule has 5 heteroatoms. The predicted octanol–water partition coefficient (Wildman–Crippen LogP) is 3.08. The highest BCUT2D eigenvalue weighted by molar-refractivity contribution is 9.10. The van der Waals surface area contributed by atoms with Crippen molar-refractivity contribution in [3.8, 4) is 0 Å². The molecule has 2 heterocycles. The maximum atomic E-state index is 12.1. The van der Waals surface area contributed by atoms with Crippen LogP contribution in [0.4, 0.5) is 5.69 Å². The molecule has 20 heavy (non-hydrogen) atoms. The molecule has 0 bridgehead atoms. The van der Waals surface area contributed by atoms with Crippen LogP contribution in [0, 0.1) is 0 Å². The average Bonchev–Trinajstić information content (AvgIpc) is 2.91. The highest BCUT2D eigenvalue weighted by atomic mass is 79.9. The number of rotatable bonds is 3. The highest BCUT2D eigenvalue weighted by Crippen LogP contribution is 2.24. The van der Waals surface area contributed by atoms with Gasteiger partial charge in [-0.05, 0) is 47.4 Å². The third kappa shape index (κ3) is 2.99. The first-order valence-electron chi connectivity index (χ1n) is 6.80. The zero-order valence-electron chi connectivity index (χ0n) is 11.0. The summed E-state index contributed by atoms with van der Waals surface area (Å²) in [6, 6.07) is 8.12. The van der Waals surface area contributed by atoms with Gasteiger partial charge in [0.05, 0.1) is 11.2 Å². The van der Waals surface area contributed by atoms with Gasteiger partial charge >= 0.3 is 0 Å². The SMILES string of the molecule is O=C(CC1CCCN1)Nc1cccc2cc(Br)cnc12. The normalized spacial score (nSPS) is 18.4. The third-order valence-corrected chi connectivity index (χ3v) is 3.98. The second-order valence-corrected chi connectivity index (χ2v) is 5.99. The van der Waals surface area contributed by atoms with Crippen LogP contribution in [0.3, 0.4) is 0 Å². The number of hydrogen-bond donors (Lipinski definition) is 2. The lowest BCUT2D eigenvalue weighted by molar-refractivity contribution is -0.116. The molecule has 1 aliphatic rings. The van der Waals surface area contributed by atoms with E-state index >= 15 is 0 Å². The Morgan fingerprint density at radius 3 is 3.20 bits per heavy atom. The Morgan fingerprint density at radius 2 is 2.40 bits per heavy atom. The van der Waals surface area contributed by atoms with Crippen molar-refractivity contribution >= 4 is 38.4 Å². The van der Waals surface area contributed by atoms with E-state index in [1.54, 1.807) is 6.20 Å². The Balaban J connectivity index is 1.78. The number of anilines is 1. The molecule has 0 aliphatic carbocycles. The van der Waals surface area contributed by atoms with Gasteiger partial charge in [0.15, 0.2) is 0 Å². The Labute approximate surface area is 126 Å². The molecule has 1 aliphatic heterocycles. The van der Waals surface area contributed by atoms with E-state index in [2.05, 4.69) is 31.5 Å². The number of para-hydroxylation sites is 1. The number of aromatic nitrogens is 1. The number of carbonyl (C=O) groups excluding carboxylic acids is 1. The molecule has 1 aromatic carbocycles. The maximum Gasteiger partial charge on any atom is 0.225 e. The molecule has 3 rings (SSSR count). The van der Waals surface area contributed by atoms with E-state index in [0.717, 1.165) is 40.4 Å². The Bertz CT molecular complexity index is 638. The first-order valence-corrected chi connectivity index (χ1v) is 7.59. The van der Waals surface area contributed by atoms with E-state index in [0.29, 0.717) is 12.5 Å². The number of halogens is 1. The number of fused-ring (bicyclic) bond motifs is 1. The van der Waals surface area contributed by atoms with Crippen molar-refractivity contribution in [2.75, 3.05) is 11.9 Å². The summed E-state index contributed by atoms with van der Waals surface area (Å²) in [6.07, 6.45) is 4.50. The zero-order valence-corrected chi connectivity index (χ0v) is 12.6. The van der Waals surface area contributed by atoms with Gasteiger partial charge < -0.3 is 10.6 Å². The quantitative estimate of drug-likeness (QED) is 0.907. The van der Waals surface area contributed by atoms with Gasteiger partial charge in [0.25, 0.3) is 0 Å². The van der Waals surface area contributed by atoms with Crippen LogP contribution < -0.4 is 10.6 Å². The minimum atomic E-state index is 0.0432. The Morgan fingerprint density at radius 1 is 1.50 bits per heavy atom. The summed E-state index contributed by atoms with van der Waals surface area (Å²) in [5.74, 6) is 0.0432. The molecule has 1 atom stereocenters. The first-order chi connectivity index (χ1) is 9.72. The van der Waals surface area contributed by atoms with Gasteiger partial charge in [0, 0.05) is 28.5 Å². The number of nitrogens with one attached hydrogen (secondary N) is 2. The van der Waals surface area contributed by atoms with Crippen molar-refractivity contribution in [3.05, 3.63) is 34.9 Å². The van der Waals surface area contributed by atoms with E-state index in [1.165, 1.54) is 0 Å². The summed E-state index contributed by atoms with van der Waals surface area (Å²) in [6.45, 7) is 1.02. The number of pyridine rings is 1. The van der Waals surface area contributed by atoms with Crippen molar-refractivity contribution in [2.24, 2.45) is 0 Å². The molecule has 1 saturated heterocycles. The molecule has 0 saturated carbocycles.